The molecule has 3 aromatic carbocycles. The highest BCUT2D eigenvalue weighted by Crippen LogP contribution is 2.31. The van der Waals surface area contributed by atoms with Gasteiger partial charge in [-0.15, -0.1) is 0 Å². The Kier molecular flexibility index (Phi) is 6.53. The third-order valence-corrected chi connectivity index (χ3v) is 8.01. The van der Waals surface area contributed by atoms with E-state index in [9.17, 15) is 13.2 Å². The molecule has 0 fully saturated rings. The van der Waals surface area contributed by atoms with Crippen molar-refractivity contribution in [3.8, 4) is 0 Å². The molecule has 1 amide bonds. The molecule has 1 N–H and O–H groups in total. The molecule has 166 valence electrons. The predicted molar refractivity (Wildman–Crippen MR) is 128 cm³/mol. The number of carbonyl (C=O) groups excluding carboxylic acids is 1. The molecule has 5 nitrogen and oxygen atoms in total. The lowest BCUT2D eigenvalue weighted by Crippen LogP contribution is -2.32. The summed E-state index contributed by atoms with van der Waals surface area (Å²) in [7, 11) is -3.86. The van der Waals surface area contributed by atoms with E-state index in [1.807, 2.05) is 24.3 Å². The van der Waals surface area contributed by atoms with E-state index in [1.54, 1.807) is 31.2 Å². The third kappa shape index (κ3) is 4.38. The van der Waals surface area contributed by atoms with Gasteiger partial charge in [-0.25, -0.2) is 8.42 Å². The lowest BCUT2D eigenvalue weighted by Gasteiger charge is -2.27. The molecule has 0 spiro atoms. The van der Waals surface area contributed by atoms with Crippen LogP contribution in [0.3, 0.4) is 0 Å². The Bertz CT molecular complexity index is 1230. The fourth-order valence-electron chi connectivity index (χ4n) is 4.19. The average molecular weight is 469 g/mol. The lowest BCUT2D eigenvalue weighted by molar-refractivity contribution is 0.0932. The molecular formula is C25H25ClN2O3S. The maximum atomic E-state index is 13.4. The number of aryl methyl sites for hydroxylation is 1. The first kappa shape index (κ1) is 22.4. The minimum Gasteiger partial charge on any atom is -0.345 e. The van der Waals surface area contributed by atoms with Gasteiger partial charge in [0.25, 0.3) is 15.9 Å². The quantitative estimate of drug-likeness (QED) is 0.529. The summed E-state index contributed by atoms with van der Waals surface area (Å²) in [5.74, 6) is -0.378. The number of carbonyl (C=O) groups is 1. The van der Waals surface area contributed by atoms with Crippen LogP contribution >= 0.6 is 11.6 Å². The molecule has 0 aliphatic heterocycles. The van der Waals surface area contributed by atoms with Gasteiger partial charge in [-0.2, -0.15) is 0 Å². The number of rotatable bonds is 6. The summed E-state index contributed by atoms with van der Waals surface area (Å²) >= 11 is 6.32. The summed E-state index contributed by atoms with van der Waals surface area (Å²) in [6, 6.07) is 21.1. The van der Waals surface area contributed by atoms with Crippen LogP contribution in [0.15, 0.2) is 77.7 Å². The van der Waals surface area contributed by atoms with Crippen molar-refractivity contribution in [3.63, 3.8) is 0 Å². The smallest absolute Gasteiger partial charge is 0.264 e. The van der Waals surface area contributed by atoms with Crippen LogP contribution in [-0.2, 0) is 16.4 Å². The third-order valence-electron chi connectivity index (χ3n) is 5.78. The zero-order valence-electron chi connectivity index (χ0n) is 17.8. The van der Waals surface area contributed by atoms with Crippen molar-refractivity contribution < 1.29 is 13.2 Å². The Morgan fingerprint density at radius 1 is 1.06 bits per heavy atom. The summed E-state index contributed by atoms with van der Waals surface area (Å²) in [6.45, 7) is 2.03. The molecule has 0 bridgehead atoms. The number of benzene rings is 3. The van der Waals surface area contributed by atoms with Crippen molar-refractivity contribution in [2.45, 2.75) is 37.1 Å². The summed E-state index contributed by atoms with van der Waals surface area (Å²) in [6.07, 6.45) is 2.80. The fourth-order valence-corrected chi connectivity index (χ4v) is 5.90. The van der Waals surface area contributed by atoms with E-state index in [0.717, 1.165) is 24.8 Å². The van der Waals surface area contributed by atoms with Crippen LogP contribution in [0, 0.1) is 0 Å². The maximum Gasteiger partial charge on any atom is 0.264 e. The highest BCUT2D eigenvalue weighted by atomic mass is 35.5. The number of amides is 1. The molecule has 0 saturated carbocycles. The van der Waals surface area contributed by atoms with E-state index in [1.165, 1.54) is 28.1 Å². The van der Waals surface area contributed by atoms with Gasteiger partial charge in [-0.05, 0) is 67.6 Å². The van der Waals surface area contributed by atoms with Gasteiger partial charge < -0.3 is 5.32 Å². The molecule has 1 aliphatic rings. The Balaban J connectivity index is 1.64. The topological polar surface area (TPSA) is 66.5 Å². The minimum absolute atomic E-state index is 0.0294. The van der Waals surface area contributed by atoms with Crippen molar-refractivity contribution in [1.29, 1.82) is 0 Å². The van der Waals surface area contributed by atoms with Gasteiger partial charge in [0, 0.05) is 6.54 Å². The highest BCUT2D eigenvalue weighted by molar-refractivity contribution is 7.92. The summed E-state index contributed by atoms with van der Waals surface area (Å²) < 4.78 is 28.0. The number of nitrogens with zero attached hydrogens (tertiary/aromatic N) is 1. The summed E-state index contributed by atoms with van der Waals surface area (Å²) in [5, 5.41) is 3.27. The molecule has 3 aromatic rings. The predicted octanol–water partition coefficient (Wildman–Crippen LogP) is 5.36. The van der Waals surface area contributed by atoms with Crippen molar-refractivity contribution in [2.24, 2.45) is 0 Å². The van der Waals surface area contributed by atoms with Gasteiger partial charge in [0.2, 0.25) is 0 Å². The molecule has 32 heavy (non-hydrogen) atoms. The molecule has 0 radical (unpaired) electrons. The van der Waals surface area contributed by atoms with E-state index in [0.29, 0.717) is 5.69 Å². The van der Waals surface area contributed by atoms with E-state index in [4.69, 9.17) is 11.6 Å². The zero-order chi connectivity index (χ0) is 22.7. The largest absolute Gasteiger partial charge is 0.345 e. The summed E-state index contributed by atoms with van der Waals surface area (Å²) in [5.41, 5.74) is 3.05. The van der Waals surface area contributed by atoms with E-state index >= 15 is 0 Å². The molecule has 7 heteroatoms. The number of fused-ring (bicyclic) bond motifs is 1. The van der Waals surface area contributed by atoms with E-state index < -0.39 is 10.0 Å². The van der Waals surface area contributed by atoms with Gasteiger partial charge in [0.05, 0.1) is 27.2 Å². The van der Waals surface area contributed by atoms with Crippen LogP contribution in [-0.4, -0.2) is 20.9 Å². The molecule has 1 atom stereocenters. The molecule has 0 aromatic heterocycles. The van der Waals surface area contributed by atoms with Crippen LogP contribution in [0.5, 0.6) is 0 Å². The lowest BCUT2D eigenvalue weighted by atomic mass is 9.87. The zero-order valence-corrected chi connectivity index (χ0v) is 19.4. The number of hydrogen-bond donors (Lipinski definition) is 1. The van der Waals surface area contributed by atoms with Gasteiger partial charge >= 0.3 is 0 Å². The van der Waals surface area contributed by atoms with Crippen LogP contribution in [0.1, 0.15) is 47.3 Å². The minimum atomic E-state index is -3.86. The average Bonchev–Trinajstić information content (AvgIpc) is 2.80. The highest BCUT2D eigenvalue weighted by Gasteiger charge is 2.27. The van der Waals surface area contributed by atoms with Gasteiger partial charge in [0.1, 0.15) is 0 Å². The second-order valence-corrected chi connectivity index (χ2v) is 10.0. The van der Waals surface area contributed by atoms with Crippen molar-refractivity contribution >= 4 is 33.2 Å². The van der Waals surface area contributed by atoms with Crippen LogP contribution in [0.25, 0.3) is 0 Å². The first-order valence-electron chi connectivity index (χ1n) is 10.7. The number of halogens is 1. The molecule has 4 rings (SSSR count). The van der Waals surface area contributed by atoms with Crippen LogP contribution < -0.4 is 9.62 Å². The van der Waals surface area contributed by atoms with Crippen LogP contribution in [0.4, 0.5) is 5.69 Å². The van der Waals surface area contributed by atoms with E-state index in [2.05, 4.69) is 11.4 Å². The number of sulfonamides is 1. The Hall–Kier alpha value is -2.83. The molecule has 0 saturated heterocycles. The van der Waals surface area contributed by atoms with Gasteiger partial charge in [-0.1, -0.05) is 54.1 Å². The molecule has 0 unspecified atom stereocenters. The normalized spacial score (nSPS) is 15.6. The van der Waals surface area contributed by atoms with Crippen LogP contribution in [0.2, 0.25) is 5.02 Å². The first-order valence-corrected chi connectivity index (χ1v) is 12.5. The number of anilines is 1. The van der Waals surface area contributed by atoms with Crippen molar-refractivity contribution in [2.75, 3.05) is 10.8 Å². The van der Waals surface area contributed by atoms with E-state index in [-0.39, 0.29) is 34.0 Å². The van der Waals surface area contributed by atoms with Crippen molar-refractivity contribution in [3.05, 3.63) is 94.5 Å². The second-order valence-electron chi connectivity index (χ2n) is 7.76. The van der Waals surface area contributed by atoms with Gasteiger partial charge in [0.15, 0.2) is 0 Å². The number of para-hydroxylation sites is 1. The number of nitrogens with one attached hydrogen (secondary N) is 1. The second kappa shape index (κ2) is 9.35. The summed E-state index contributed by atoms with van der Waals surface area (Å²) in [4.78, 5) is 13.2. The Morgan fingerprint density at radius 2 is 1.78 bits per heavy atom. The molecule has 0 heterocycles. The Morgan fingerprint density at radius 3 is 2.53 bits per heavy atom. The van der Waals surface area contributed by atoms with Crippen molar-refractivity contribution in [1.82, 2.24) is 5.32 Å². The Labute approximate surface area is 194 Å². The standard InChI is InChI=1S/C25H25ClN2O3S/c1-2-28(19-11-4-3-5-12-19)32(30,31)20-15-16-23(26)22(17-20)25(29)27-24-14-8-10-18-9-6-7-13-21(18)24/h3-7,9,11-13,15-17,24H,2,8,10,14H2,1H3,(H,27,29)/t24-/m1/s1. The monoisotopic (exact) mass is 468 g/mol. The molecular weight excluding hydrogens is 444 g/mol. The SMILES string of the molecule is CCN(c1ccccc1)S(=O)(=O)c1ccc(Cl)c(C(=O)N[C@@H]2CCCc3ccccc32)c1. The fraction of sp³-hybridized carbons (Fsp3) is 0.240. The first-order chi connectivity index (χ1) is 15.4. The van der Waals surface area contributed by atoms with Gasteiger partial charge in [-0.3, -0.25) is 9.10 Å². The number of hydrogen-bond acceptors (Lipinski definition) is 3. The maximum absolute atomic E-state index is 13.4. The molecule has 1 aliphatic carbocycles.